The van der Waals surface area contributed by atoms with Crippen LogP contribution in [0.1, 0.15) is 45.4 Å². The average Bonchev–Trinajstić information content (AvgIpc) is 2.15. The molecule has 0 heterocycles. The number of nitrogens with two attached hydrogens (primary N) is 2. The summed E-state index contributed by atoms with van der Waals surface area (Å²) in [5.41, 5.74) is 12.7. The van der Waals surface area contributed by atoms with Gasteiger partial charge in [-0.1, -0.05) is 0 Å². The average molecular weight is 208 g/mol. The van der Waals surface area contributed by atoms with E-state index in [1.165, 1.54) is 38.5 Å². The molecule has 86 valence electrons. The van der Waals surface area contributed by atoms with Crippen LogP contribution in [0.15, 0.2) is 0 Å². The monoisotopic (exact) mass is 208 g/mol. The van der Waals surface area contributed by atoms with Crippen LogP contribution in [0.2, 0.25) is 0 Å². The molecule has 0 spiro atoms. The van der Waals surface area contributed by atoms with E-state index in [0.29, 0.717) is 12.0 Å². The number of rotatable bonds is 2. The Bertz CT molecular complexity index is 234. The Morgan fingerprint density at radius 1 is 1.07 bits per heavy atom. The smallest absolute Gasteiger partial charge is 0.0307 e. The van der Waals surface area contributed by atoms with Gasteiger partial charge in [-0.25, -0.2) is 0 Å². The Morgan fingerprint density at radius 2 is 1.47 bits per heavy atom. The van der Waals surface area contributed by atoms with Crippen LogP contribution in [0.4, 0.5) is 0 Å². The minimum absolute atomic E-state index is 0.122. The Morgan fingerprint density at radius 3 is 1.80 bits per heavy atom. The lowest BCUT2D eigenvalue weighted by Crippen LogP contribution is -2.64. The SMILES string of the molecule is CC(N)(CN)C12CC3CC(CC(C3)C1)C2. The molecule has 4 bridgehead atoms. The van der Waals surface area contributed by atoms with Crippen molar-refractivity contribution in [1.29, 1.82) is 0 Å². The van der Waals surface area contributed by atoms with Gasteiger partial charge < -0.3 is 11.5 Å². The first-order valence-corrected chi connectivity index (χ1v) is 6.54. The molecular formula is C13H24N2. The van der Waals surface area contributed by atoms with Crippen molar-refractivity contribution < 1.29 is 0 Å². The summed E-state index contributed by atoms with van der Waals surface area (Å²) in [6, 6.07) is 0. The first kappa shape index (κ1) is 10.1. The standard InChI is InChI=1S/C13H24N2/c1-12(15,8-14)13-5-9-2-10(6-13)4-11(3-9)7-13/h9-11H,2-8,14-15H2,1H3. The summed E-state index contributed by atoms with van der Waals surface area (Å²) in [4.78, 5) is 0. The van der Waals surface area contributed by atoms with Gasteiger partial charge in [0.25, 0.3) is 0 Å². The van der Waals surface area contributed by atoms with Crippen molar-refractivity contribution >= 4 is 0 Å². The van der Waals surface area contributed by atoms with E-state index >= 15 is 0 Å². The maximum absolute atomic E-state index is 6.49. The van der Waals surface area contributed by atoms with E-state index in [0.717, 1.165) is 17.8 Å². The Kier molecular flexibility index (Phi) is 2.01. The van der Waals surface area contributed by atoms with Gasteiger partial charge in [0.15, 0.2) is 0 Å². The summed E-state index contributed by atoms with van der Waals surface area (Å²) < 4.78 is 0. The van der Waals surface area contributed by atoms with Crippen molar-refractivity contribution in [2.45, 2.75) is 51.0 Å². The molecule has 0 aromatic carbocycles. The van der Waals surface area contributed by atoms with E-state index in [-0.39, 0.29) is 5.54 Å². The zero-order chi connectivity index (χ0) is 10.7. The molecule has 4 saturated carbocycles. The molecule has 4 fully saturated rings. The third-order valence-corrected chi connectivity index (χ3v) is 5.67. The predicted octanol–water partition coefficient (Wildman–Crippen LogP) is 1.88. The lowest BCUT2D eigenvalue weighted by molar-refractivity contribution is -0.0906. The van der Waals surface area contributed by atoms with Gasteiger partial charge in [0.1, 0.15) is 0 Å². The molecule has 1 unspecified atom stereocenters. The van der Waals surface area contributed by atoms with E-state index in [1.54, 1.807) is 0 Å². The highest BCUT2D eigenvalue weighted by molar-refractivity contribution is 5.10. The van der Waals surface area contributed by atoms with Gasteiger partial charge in [0.2, 0.25) is 0 Å². The molecule has 4 N–H and O–H groups in total. The molecule has 2 heteroatoms. The van der Waals surface area contributed by atoms with Crippen LogP contribution in [-0.2, 0) is 0 Å². The van der Waals surface area contributed by atoms with Crippen LogP contribution in [0.3, 0.4) is 0 Å². The molecule has 0 aromatic heterocycles. The number of hydrogen-bond donors (Lipinski definition) is 2. The summed E-state index contributed by atoms with van der Waals surface area (Å²) in [6.07, 6.45) is 8.55. The zero-order valence-corrected chi connectivity index (χ0v) is 9.84. The first-order chi connectivity index (χ1) is 7.05. The molecule has 0 amide bonds. The number of hydrogen-bond acceptors (Lipinski definition) is 2. The fraction of sp³-hybridized carbons (Fsp3) is 1.00. The van der Waals surface area contributed by atoms with E-state index in [2.05, 4.69) is 6.92 Å². The highest BCUT2D eigenvalue weighted by Gasteiger charge is 2.56. The minimum atomic E-state index is -0.122. The van der Waals surface area contributed by atoms with Crippen LogP contribution in [0.5, 0.6) is 0 Å². The van der Waals surface area contributed by atoms with Gasteiger partial charge in [-0.05, 0) is 68.6 Å². The Balaban J connectivity index is 1.93. The fourth-order valence-electron chi connectivity index (χ4n) is 5.03. The van der Waals surface area contributed by atoms with Gasteiger partial charge in [-0.3, -0.25) is 0 Å². The van der Waals surface area contributed by atoms with Crippen LogP contribution in [-0.4, -0.2) is 12.1 Å². The summed E-state index contributed by atoms with van der Waals surface area (Å²) in [5.74, 6) is 2.93. The van der Waals surface area contributed by atoms with E-state index in [9.17, 15) is 0 Å². The summed E-state index contributed by atoms with van der Waals surface area (Å²) in [6.45, 7) is 2.85. The lowest BCUT2D eigenvalue weighted by Gasteiger charge is -2.62. The highest BCUT2D eigenvalue weighted by Crippen LogP contribution is 2.62. The second-order valence-corrected chi connectivity index (χ2v) is 6.82. The normalized spacial score (nSPS) is 51.8. The molecule has 0 aromatic rings. The molecule has 15 heavy (non-hydrogen) atoms. The van der Waals surface area contributed by atoms with Gasteiger partial charge in [0.05, 0.1) is 0 Å². The van der Waals surface area contributed by atoms with Gasteiger partial charge in [-0.15, -0.1) is 0 Å². The quantitative estimate of drug-likeness (QED) is 0.728. The molecular weight excluding hydrogens is 184 g/mol. The van der Waals surface area contributed by atoms with Crippen LogP contribution < -0.4 is 11.5 Å². The van der Waals surface area contributed by atoms with Crippen LogP contribution in [0.25, 0.3) is 0 Å². The predicted molar refractivity (Wildman–Crippen MR) is 62.3 cm³/mol. The van der Waals surface area contributed by atoms with Crippen LogP contribution in [0, 0.1) is 23.2 Å². The molecule has 0 radical (unpaired) electrons. The van der Waals surface area contributed by atoms with Crippen LogP contribution >= 0.6 is 0 Å². The van der Waals surface area contributed by atoms with Crippen molar-refractivity contribution in [2.75, 3.05) is 6.54 Å². The first-order valence-electron chi connectivity index (χ1n) is 6.54. The molecule has 1 atom stereocenters. The molecule has 2 nitrogen and oxygen atoms in total. The second kappa shape index (κ2) is 2.98. The molecule has 4 aliphatic carbocycles. The molecule has 0 aliphatic heterocycles. The topological polar surface area (TPSA) is 52.0 Å². The van der Waals surface area contributed by atoms with Gasteiger partial charge in [-0.2, -0.15) is 0 Å². The van der Waals surface area contributed by atoms with Crippen molar-refractivity contribution in [2.24, 2.45) is 34.6 Å². The van der Waals surface area contributed by atoms with E-state index < -0.39 is 0 Å². The fourth-order valence-corrected chi connectivity index (χ4v) is 5.03. The van der Waals surface area contributed by atoms with E-state index in [4.69, 9.17) is 11.5 Å². The zero-order valence-electron chi connectivity index (χ0n) is 9.84. The van der Waals surface area contributed by atoms with Crippen molar-refractivity contribution in [3.8, 4) is 0 Å². The largest absolute Gasteiger partial charge is 0.329 e. The minimum Gasteiger partial charge on any atom is -0.329 e. The Hall–Kier alpha value is -0.0800. The van der Waals surface area contributed by atoms with Crippen molar-refractivity contribution in [3.05, 3.63) is 0 Å². The maximum atomic E-state index is 6.49. The molecule has 0 saturated heterocycles. The Labute approximate surface area is 92.8 Å². The van der Waals surface area contributed by atoms with Crippen molar-refractivity contribution in [1.82, 2.24) is 0 Å². The summed E-state index contributed by atoms with van der Waals surface area (Å²) >= 11 is 0. The maximum Gasteiger partial charge on any atom is 0.0307 e. The third-order valence-electron chi connectivity index (χ3n) is 5.67. The second-order valence-electron chi connectivity index (χ2n) is 6.82. The van der Waals surface area contributed by atoms with Gasteiger partial charge in [0, 0.05) is 12.1 Å². The summed E-state index contributed by atoms with van der Waals surface area (Å²) in [5, 5.41) is 0. The molecule has 4 rings (SSSR count). The summed E-state index contributed by atoms with van der Waals surface area (Å²) in [7, 11) is 0. The lowest BCUT2D eigenvalue weighted by atomic mass is 9.45. The van der Waals surface area contributed by atoms with Gasteiger partial charge >= 0.3 is 0 Å². The highest BCUT2D eigenvalue weighted by atomic mass is 14.9. The van der Waals surface area contributed by atoms with Crippen molar-refractivity contribution in [3.63, 3.8) is 0 Å². The van der Waals surface area contributed by atoms with E-state index in [1.807, 2.05) is 0 Å². The third kappa shape index (κ3) is 1.31. The molecule has 4 aliphatic rings.